The molecule has 2 atom stereocenters. The zero-order valence-corrected chi connectivity index (χ0v) is 16.8. The lowest BCUT2D eigenvalue weighted by Crippen LogP contribution is -2.46. The van der Waals surface area contributed by atoms with Gasteiger partial charge in [0.15, 0.2) is 0 Å². The Morgan fingerprint density at radius 3 is 2.46 bits per heavy atom. The molecule has 1 fully saturated rings. The molecule has 1 aliphatic rings. The molecule has 0 bridgehead atoms. The van der Waals surface area contributed by atoms with Gasteiger partial charge in [-0.3, -0.25) is 4.18 Å². The lowest BCUT2D eigenvalue weighted by Gasteiger charge is -2.37. The molecular weight excluding hydrogens is 354 g/mol. The van der Waals surface area contributed by atoms with Crippen molar-refractivity contribution < 1.29 is 22.1 Å². The first-order valence-electron chi connectivity index (χ1n) is 8.93. The van der Waals surface area contributed by atoms with Crippen LogP contribution in [-0.2, 0) is 24.8 Å². The summed E-state index contributed by atoms with van der Waals surface area (Å²) in [7, 11) is -3.65. The monoisotopic (exact) mass is 383 g/mol. The highest BCUT2D eigenvalue weighted by Crippen LogP contribution is 2.24. The summed E-state index contributed by atoms with van der Waals surface area (Å²) in [6.07, 6.45) is 0.460. The molecule has 0 N–H and O–H groups in total. The number of hydrogen-bond acceptors (Lipinski definition) is 5. The molecule has 0 spiro atoms. The van der Waals surface area contributed by atoms with E-state index in [0.29, 0.717) is 18.7 Å². The number of carbonyl (C=O) groups is 1. The topological polar surface area (TPSA) is 72.9 Å². The highest BCUT2D eigenvalue weighted by atomic mass is 32.2. The maximum atomic E-state index is 12.3. The van der Waals surface area contributed by atoms with Crippen LogP contribution in [-0.4, -0.2) is 44.7 Å². The highest BCUT2D eigenvalue weighted by Gasteiger charge is 2.31. The third-order valence-corrected chi connectivity index (χ3v) is 5.25. The Kier molecular flexibility index (Phi) is 6.69. The molecule has 6 nitrogen and oxygen atoms in total. The predicted molar refractivity (Wildman–Crippen MR) is 100 cm³/mol. The molecule has 1 aromatic carbocycles. The first kappa shape index (κ1) is 20.7. The van der Waals surface area contributed by atoms with Gasteiger partial charge in [-0.25, -0.2) is 4.79 Å². The Labute approximate surface area is 156 Å². The standard InChI is InChI=1S/C19H29NO5S/c1-15-10-17(12-20(11-15)18(21)25-19(2,3)4)13-24-26(22,23)14-16-8-6-5-7-9-16/h5-9,15,17H,10-14H2,1-4H3/t15-,17+/m0/s1. The fourth-order valence-corrected chi connectivity index (χ4v) is 4.18. The second kappa shape index (κ2) is 8.39. The molecule has 1 saturated heterocycles. The van der Waals surface area contributed by atoms with E-state index in [1.54, 1.807) is 29.2 Å². The fourth-order valence-electron chi connectivity index (χ4n) is 3.10. The molecule has 7 heteroatoms. The summed E-state index contributed by atoms with van der Waals surface area (Å²) in [6.45, 7) is 8.67. The van der Waals surface area contributed by atoms with Crippen LogP contribution in [0.15, 0.2) is 30.3 Å². The van der Waals surface area contributed by atoms with Gasteiger partial charge in [0, 0.05) is 19.0 Å². The van der Waals surface area contributed by atoms with Crippen LogP contribution in [0.1, 0.15) is 39.7 Å². The minimum Gasteiger partial charge on any atom is -0.444 e. The Bertz CT molecular complexity index is 696. The molecule has 0 saturated carbocycles. The Morgan fingerprint density at radius 1 is 1.19 bits per heavy atom. The minimum absolute atomic E-state index is 0.0307. The smallest absolute Gasteiger partial charge is 0.410 e. The molecule has 0 unspecified atom stereocenters. The molecule has 0 aliphatic carbocycles. The largest absolute Gasteiger partial charge is 0.444 e. The molecule has 1 amide bonds. The quantitative estimate of drug-likeness (QED) is 0.729. The maximum absolute atomic E-state index is 12.3. The molecule has 1 heterocycles. The van der Waals surface area contributed by atoms with Crippen molar-refractivity contribution in [1.29, 1.82) is 0 Å². The van der Waals surface area contributed by atoms with Gasteiger partial charge in [0.05, 0.1) is 6.61 Å². The van der Waals surface area contributed by atoms with Crippen LogP contribution in [0.2, 0.25) is 0 Å². The van der Waals surface area contributed by atoms with Crippen molar-refractivity contribution in [3.05, 3.63) is 35.9 Å². The van der Waals surface area contributed by atoms with E-state index in [0.717, 1.165) is 6.42 Å². The van der Waals surface area contributed by atoms with Gasteiger partial charge in [0.25, 0.3) is 10.1 Å². The summed E-state index contributed by atoms with van der Waals surface area (Å²) < 4.78 is 35.1. The average Bonchev–Trinajstić information content (AvgIpc) is 2.51. The third kappa shape index (κ3) is 6.96. The number of amides is 1. The van der Waals surface area contributed by atoms with E-state index in [2.05, 4.69) is 0 Å². The summed E-state index contributed by atoms with van der Waals surface area (Å²) >= 11 is 0. The fraction of sp³-hybridized carbons (Fsp3) is 0.632. The van der Waals surface area contributed by atoms with Crippen molar-refractivity contribution in [2.24, 2.45) is 11.8 Å². The minimum atomic E-state index is -3.65. The van der Waals surface area contributed by atoms with E-state index < -0.39 is 15.7 Å². The van der Waals surface area contributed by atoms with Crippen molar-refractivity contribution in [2.75, 3.05) is 19.7 Å². The first-order chi connectivity index (χ1) is 12.0. The summed E-state index contributed by atoms with van der Waals surface area (Å²) in [4.78, 5) is 13.9. The molecule has 2 rings (SSSR count). The van der Waals surface area contributed by atoms with Gasteiger partial charge >= 0.3 is 6.09 Å². The molecule has 1 aliphatic heterocycles. The highest BCUT2D eigenvalue weighted by molar-refractivity contribution is 7.85. The lowest BCUT2D eigenvalue weighted by molar-refractivity contribution is 0.00764. The second-order valence-electron chi connectivity index (χ2n) is 8.06. The summed E-state index contributed by atoms with van der Waals surface area (Å²) in [5.74, 6) is 0.0878. The van der Waals surface area contributed by atoms with Crippen LogP contribution in [0.25, 0.3) is 0 Å². The third-order valence-electron chi connectivity index (χ3n) is 4.07. The summed E-state index contributed by atoms with van der Waals surface area (Å²) in [6, 6.07) is 8.95. The zero-order valence-electron chi connectivity index (χ0n) is 16.0. The van der Waals surface area contributed by atoms with Crippen molar-refractivity contribution in [2.45, 2.75) is 45.5 Å². The van der Waals surface area contributed by atoms with Crippen molar-refractivity contribution in [1.82, 2.24) is 4.90 Å². The van der Waals surface area contributed by atoms with Crippen molar-refractivity contribution >= 4 is 16.2 Å². The number of ether oxygens (including phenoxy) is 1. The van der Waals surface area contributed by atoms with E-state index in [-0.39, 0.29) is 30.3 Å². The number of rotatable bonds is 5. The number of benzene rings is 1. The van der Waals surface area contributed by atoms with Crippen molar-refractivity contribution in [3.8, 4) is 0 Å². The van der Waals surface area contributed by atoms with E-state index in [9.17, 15) is 13.2 Å². The molecule has 0 radical (unpaired) electrons. The van der Waals surface area contributed by atoms with Gasteiger partial charge in [-0.2, -0.15) is 8.42 Å². The predicted octanol–water partition coefficient (Wildman–Crippen LogP) is 3.43. The van der Waals surface area contributed by atoms with Gasteiger partial charge in [0.1, 0.15) is 11.4 Å². The van der Waals surface area contributed by atoms with Gasteiger partial charge in [0.2, 0.25) is 0 Å². The van der Waals surface area contributed by atoms with Crippen molar-refractivity contribution in [3.63, 3.8) is 0 Å². The second-order valence-corrected chi connectivity index (χ2v) is 9.70. The first-order valence-corrected chi connectivity index (χ1v) is 10.5. The number of carbonyl (C=O) groups excluding carboxylic acids is 1. The SMILES string of the molecule is C[C@H]1C[C@@H](COS(=O)(=O)Cc2ccccc2)CN(C(=O)OC(C)(C)C)C1. The number of likely N-dealkylation sites (tertiary alicyclic amines) is 1. The van der Waals surface area contributed by atoms with E-state index in [4.69, 9.17) is 8.92 Å². The van der Waals surface area contributed by atoms with Gasteiger partial charge in [-0.1, -0.05) is 37.3 Å². The Balaban J connectivity index is 1.91. The number of nitrogens with zero attached hydrogens (tertiary/aromatic N) is 1. The van der Waals surface area contributed by atoms with E-state index in [1.165, 1.54) is 0 Å². The van der Waals surface area contributed by atoms with Gasteiger partial charge in [-0.15, -0.1) is 0 Å². The molecular formula is C19H29NO5S. The number of piperidine rings is 1. The Morgan fingerprint density at radius 2 is 1.85 bits per heavy atom. The molecule has 1 aromatic rings. The lowest BCUT2D eigenvalue weighted by atomic mass is 9.91. The van der Waals surface area contributed by atoms with Crippen LogP contribution < -0.4 is 0 Å². The van der Waals surface area contributed by atoms with Crippen LogP contribution in [0.5, 0.6) is 0 Å². The summed E-state index contributed by atoms with van der Waals surface area (Å²) in [5, 5.41) is 0. The number of hydrogen-bond donors (Lipinski definition) is 0. The Hall–Kier alpha value is -1.60. The van der Waals surface area contributed by atoms with Gasteiger partial charge in [-0.05, 0) is 38.7 Å². The average molecular weight is 384 g/mol. The molecule has 26 heavy (non-hydrogen) atoms. The normalized spacial score (nSPS) is 21.5. The molecule has 0 aromatic heterocycles. The van der Waals surface area contributed by atoms with Crippen LogP contribution in [0.4, 0.5) is 4.79 Å². The van der Waals surface area contributed by atoms with Crippen LogP contribution in [0, 0.1) is 11.8 Å². The van der Waals surface area contributed by atoms with Crippen LogP contribution in [0.3, 0.4) is 0 Å². The van der Waals surface area contributed by atoms with Gasteiger partial charge < -0.3 is 9.64 Å². The summed E-state index contributed by atoms with van der Waals surface area (Å²) in [5.41, 5.74) is 0.142. The van der Waals surface area contributed by atoms with E-state index in [1.807, 2.05) is 33.8 Å². The molecule has 146 valence electrons. The maximum Gasteiger partial charge on any atom is 0.410 e. The van der Waals surface area contributed by atoms with E-state index >= 15 is 0 Å². The van der Waals surface area contributed by atoms with Crippen LogP contribution >= 0.6 is 0 Å². The zero-order chi connectivity index (χ0) is 19.4.